The second-order valence-electron chi connectivity index (χ2n) is 4.63. The van der Waals surface area contributed by atoms with Crippen LogP contribution in [0.15, 0.2) is 30.5 Å². The van der Waals surface area contributed by atoms with Gasteiger partial charge in [-0.05, 0) is 42.8 Å². The van der Waals surface area contributed by atoms with E-state index in [-0.39, 0.29) is 5.91 Å². The topological polar surface area (TPSA) is 36.1 Å². The van der Waals surface area contributed by atoms with Gasteiger partial charge in [0, 0.05) is 36.7 Å². The minimum atomic E-state index is 0.168. The van der Waals surface area contributed by atoms with Gasteiger partial charge in [-0.15, -0.1) is 11.6 Å². The third-order valence-corrected chi connectivity index (χ3v) is 3.45. The van der Waals surface area contributed by atoms with E-state index >= 15 is 0 Å². The predicted molar refractivity (Wildman–Crippen MR) is 79.8 cm³/mol. The molecule has 1 aromatic heterocycles. The minimum absolute atomic E-state index is 0.168. The lowest BCUT2D eigenvalue weighted by molar-refractivity contribution is 0.0724. The fraction of sp³-hybridized carbons (Fsp3) is 0.400. The van der Waals surface area contributed by atoms with Crippen LogP contribution >= 0.6 is 11.6 Å². The number of hydrogen-bond donors (Lipinski definition) is 1. The van der Waals surface area contributed by atoms with Crippen molar-refractivity contribution in [1.82, 2.24) is 9.88 Å². The van der Waals surface area contributed by atoms with Crippen molar-refractivity contribution in [2.24, 2.45) is 0 Å². The number of alkyl halides is 1. The molecule has 4 heteroatoms. The summed E-state index contributed by atoms with van der Waals surface area (Å²) in [4.78, 5) is 17.4. The molecule has 1 saturated heterocycles. The van der Waals surface area contributed by atoms with Gasteiger partial charge in [-0.25, -0.2) is 0 Å². The Hall–Kier alpha value is -1.48. The first-order valence-electron chi connectivity index (χ1n) is 6.59. The van der Waals surface area contributed by atoms with Crippen LogP contribution in [-0.2, 0) is 0 Å². The Morgan fingerprint density at radius 3 is 2.63 bits per heavy atom. The molecule has 19 heavy (non-hydrogen) atoms. The maximum atomic E-state index is 12.3. The Morgan fingerprint density at radius 1 is 1.16 bits per heavy atom. The van der Waals surface area contributed by atoms with E-state index in [1.54, 1.807) is 0 Å². The number of fused-ring (bicyclic) bond motifs is 1. The first-order valence-corrected chi connectivity index (χ1v) is 7.34. The molecule has 0 aliphatic carbocycles. The smallest absolute Gasteiger partial charge is 0.253 e. The number of nitrogens with zero attached hydrogens (tertiary/aromatic N) is 1. The van der Waals surface area contributed by atoms with Crippen molar-refractivity contribution < 1.29 is 4.79 Å². The Balaban J connectivity index is 0.000000637. The molecule has 0 atom stereocenters. The van der Waals surface area contributed by atoms with E-state index < -0.39 is 0 Å². The van der Waals surface area contributed by atoms with Gasteiger partial charge in [0.1, 0.15) is 0 Å². The van der Waals surface area contributed by atoms with E-state index in [2.05, 4.69) is 16.6 Å². The summed E-state index contributed by atoms with van der Waals surface area (Å²) in [5.41, 5.74) is 1.83. The zero-order valence-corrected chi connectivity index (χ0v) is 11.9. The molecule has 1 fully saturated rings. The van der Waals surface area contributed by atoms with Gasteiger partial charge in [-0.2, -0.15) is 0 Å². The van der Waals surface area contributed by atoms with E-state index in [1.165, 1.54) is 12.8 Å². The molecule has 102 valence electrons. The van der Waals surface area contributed by atoms with Gasteiger partial charge in [0.2, 0.25) is 0 Å². The Bertz CT molecular complexity index is 544. The molecule has 1 amide bonds. The summed E-state index contributed by atoms with van der Waals surface area (Å²) >= 11 is 4.64. The van der Waals surface area contributed by atoms with E-state index in [0.717, 1.165) is 42.4 Å². The number of hydrogen-bond acceptors (Lipinski definition) is 1. The van der Waals surface area contributed by atoms with Crippen molar-refractivity contribution in [3.05, 3.63) is 36.0 Å². The van der Waals surface area contributed by atoms with E-state index in [4.69, 9.17) is 0 Å². The van der Waals surface area contributed by atoms with Gasteiger partial charge in [0.05, 0.1) is 0 Å². The quantitative estimate of drug-likeness (QED) is 0.794. The van der Waals surface area contributed by atoms with Gasteiger partial charge < -0.3 is 9.88 Å². The molecule has 1 N–H and O–H groups in total. The number of amides is 1. The third-order valence-electron chi connectivity index (χ3n) is 3.45. The highest BCUT2D eigenvalue weighted by atomic mass is 35.5. The molecule has 2 heterocycles. The Morgan fingerprint density at radius 2 is 1.89 bits per heavy atom. The fourth-order valence-electron chi connectivity index (χ4n) is 2.46. The molecule has 0 saturated carbocycles. The summed E-state index contributed by atoms with van der Waals surface area (Å²) in [5, 5.41) is 1.15. The first-order chi connectivity index (χ1) is 9.34. The molecule has 2 aromatic rings. The predicted octanol–water partition coefficient (Wildman–Crippen LogP) is 3.65. The maximum Gasteiger partial charge on any atom is 0.253 e. The summed E-state index contributed by atoms with van der Waals surface area (Å²) in [5.74, 6) is 0.168. The van der Waals surface area contributed by atoms with Gasteiger partial charge in [0.25, 0.3) is 5.91 Å². The highest BCUT2D eigenvalue weighted by Gasteiger charge is 2.18. The number of halogens is 1. The highest BCUT2D eigenvalue weighted by Crippen LogP contribution is 2.17. The fourth-order valence-corrected chi connectivity index (χ4v) is 2.46. The van der Waals surface area contributed by atoms with Crippen LogP contribution in [-0.4, -0.2) is 35.3 Å². The first kappa shape index (κ1) is 13.9. The van der Waals surface area contributed by atoms with Gasteiger partial charge in [-0.3, -0.25) is 4.79 Å². The lowest BCUT2D eigenvalue weighted by Gasteiger charge is -2.26. The van der Waals surface area contributed by atoms with Gasteiger partial charge in [-0.1, -0.05) is 6.07 Å². The normalized spacial score (nSPS) is 14.9. The zero-order chi connectivity index (χ0) is 13.7. The molecular weight excluding hydrogens is 260 g/mol. The zero-order valence-electron chi connectivity index (χ0n) is 11.2. The van der Waals surface area contributed by atoms with Crippen LogP contribution in [0.5, 0.6) is 0 Å². The van der Waals surface area contributed by atoms with Crippen molar-refractivity contribution in [2.45, 2.75) is 19.3 Å². The van der Waals surface area contributed by atoms with Crippen molar-refractivity contribution >= 4 is 28.4 Å². The van der Waals surface area contributed by atoms with Crippen LogP contribution in [0.2, 0.25) is 0 Å². The SMILES string of the molecule is CCl.O=C(c1ccc2cc[nH]c2c1)N1CCCCC1. The lowest BCUT2D eigenvalue weighted by Crippen LogP contribution is -2.35. The molecule has 0 bridgehead atoms. The second-order valence-corrected chi connectivity index (χ2v) is 4.63. The number of carbonyl (C=O) groups excluding carboxylic acids is 1. The standard InChI is InChI=1S/C14H16N2O.CH3Cl/c17-14(16-8-2-1-3-9-16)12-5-4-11-6-7-15-13(11)10-12;1-2/h4-7,10,15H,1-3,8-9H2;1H3. The Kier molecular flexibility index (Phi) is 4.86. The summed E-state index contributed by atoms with van der Waals surface area (Å²) in [6, 6.07) is 7.90. The molecule has 0 spiro atoms. The maximum absolute atomic E-state index is 12.3. The van der Waals surface area contributed by atoms with Crippen LogP contribution in [0.1, 0.15) is 29.6 Å². The number of aromatic amines is 1. The third kappa shape index (κ3) is 3.10. The summed E-state index contributed by atoms with van der Waals surface area (Å²) in [7, 11) is 0. The number of rotatable bonds is 1. The molecule has 3 nitrogen and oxygen atoms in total. The number of benzene rings is 1. The van der Waals surface area contributed by atoms with Crippen LogP contribution in [0.4, 0.5) is 0 Å². The van der Waals surface area contributed by atoms with Crippen molar-refractivity contribution in [3.63, 3.8) is 0 Å². The van der Waals surface area contributed by atoms with E-state index in [0.29, 0.717) is 0 Å². The number of nitrogens with one attached hydrogen (secondary N) is 1. The molecule has 3 rings (SSSR count). The molecule has 0 radical (unpaired) electrons. The van der Waals surface area contributed by atoms with Crippen LogP contribution < -0.4 is 0 Å². The van der Waals surface area contributed by atoms with E-state index in [1.807, 2.05) is 35.4 Å². The summed E-state index contributed by atoms with van der Waals surface area (Å²) < 4.78 is 0. The number of carbonyl (C=O) groups is 1. The van der Waals surface area contributed by atoms with Gasteiger partial charge >= 0.3 is 0 Å². The molecular formula is C15H19ClN2O. The van der Waals surface area contributed by atoms with Crippen LogP contribution in [0.3, 0.4) is 0 Å². The number of piperidine rings is 1. The second kappa shape index (κ2) is 6.62. The van der Waals surface area contributed by atoms with Crippen molar-refractivity contribution in [2.75, 3.05) is 19.5 Å². The molecule has 1 aliphatic rings. The summed E-state index contributed by atoms with van der Waals surface area (Å²) in [6.07, 6.45) is 6.90. The van der Waals surface area contributed by atoms with Crippen LogP contribution in [0, 0.1) is 0 Å². The molecule has 1 aromatic carbocycles. The Labute approximate surface area is 118 Å². The monoisotopic (exact) mass is 278 g/mol. The highest BCUT2D eigenvalue weighted by molar-refractivity contribution is 6.15. The van der Waals surface area contributed by atoms with Crippen molar-refractivity contribution in [3.8, 4) is 0 Å². The van der Waals surface area contributed by atoms with Crippen molar-refractivity contribution in [1.29, 1.82) is 0 Å². The van der Waals surface area contributed by atoms with E-state index in [9.17, 15) is 4.79 Å². The molecule has 1 aliphatic heterocycles. The molecule has 0 unspecified atom stereocenters. The summed E-state index contributed by atoms with van der Waals surface area (Å²) in [6.45, 7) is 1.81. The lowest BCUT2D eigenvalue weighted by atomic mass is 10.1. The average molecular weight is 279 g/mol. The van der Waals surface area contributed by atoms with Gasteiger partial charge in [0.15, 0.2) is 0 Å². The van der Waals surface area contributed by atoms with Crippen LogP contribution in [0.25, 0.3) is 10.9 Å². The largest absolute Gasteiger partial charge is 0.361 e. The number of H-pyrrole nitrogens is 1. The number of likely N-dealkylation sites (tertiary alicyclic amines) is 1. The average Bonchev–Trinajstić information content (AvgIpc) is 2.97. The number of aromatic nitrogens is 1. The minimum Gasteiger partial charge on any atom is -0.361 e.